The molecule has 0 aliphatic heterocycles. The highest BCUT2D eigenvalue weighted by Gasteiger charge is 2.15. The van der Waals surface area contributed by atoms with Gasteiger partial charge in [0.05, 0.1) is 13.4 Å². The summed E-state index contributed by atoms with van der Waals surface area (Å²) in [6, 6.07) is -0.00630. The second-order valence-electron chi connectivity index (χ2n) is 3.71. The SMILES string of the molecule is COc1c(NC(C)C(C)CO)nc[nH]c1=O. The van der Waals surface area contributed by atoms with E-state index in [1.807, 2.05) is 13.8 Å². The van der Waals surface area contributed by atoms with E-state index in [0.29, 0.717) is 5.82 Å². The molecular formula is C10H17N3O3. The first-order valence-corrected chi connectivity index (χ1v) is 5.09. The Bertz CT molecular complexity index is 391. The summed E-state index contributed by atoms with van der Waals surface area (Å²) in [5.41, 5.74) is -0.330. The van der Waals surface area contributed by atoms with E-state index < -0.39 is 0 Å². The van der Waals surface area contributed by atoms with Crippen LogP contribution in [-0.2, 0) is 0 Å². The van der Waals surface area contributed by atoms with Crippen LogP contribution in [0.25, 0.3) is 0 Å². The zero-order valence-corrected chi connectivity index (χ0v) is 9.65. The first kappa shape index (κ1) is 12.5. The summed E-state index contributed by atoms with van der Waals surface area (Å²) in [7, 11) is 1.41. The molecule has 0 aliphatic carbocycles. The van der Waals surface area contributed by atoms with E-state index in [1.54, 1.807) is 0 Å². The van der Waals surface area contributed by atoms with Gasteiger partial charge in [-0.05, 0) is 12.8 Å². The summed E-state index contributed by atoms with van der Waals surface area (Å²) >= 11 is 0. The maximum absolute atomic E-state index is 11.4. The fourth-order valence-corrected chi connectivity index (χ4v) is 1.20. The molecule has 0 saturated carbocycles. The zero-order valence-electron chi connectivity index (χ0n) is 9.65. The van der Waals surface area contributed by atoms with Crippen LogP contribution in [0.2, 0.25) is 0 Å². The van der Waals surface area contributed by atoms with Gasteiger partial charge in [-0.3, -0.25) is 4.79 Å². The highest BCUT2D eigenvalue weighted by Crippen LogP contribution is 2.17. The van der Waals surface area contributed by atoms with Gasteiger partial charge in [-0.1, -0.05) is 6.92 Å². The first-order chi connectivity index (χ1) is 7.60. The number of methoxy groups -OCH3 is 1. The number of anilines is 1. The largest absolute Gasteiger partial charge is 0.489 e. The number of hydrogen-bond acceptors (Lipinski definition) is 5. The van der Waals surface area contributed by atoms with Gasteiger partial charge in [0.2, 0.25) is 5.75 Å². The molecule has 16 heavy (non-hydrogen) atoms. The Morgan fingerprint density at radius 2 is 2.31 bits per heavy atom. The lowest BCUT2D eigenvalue weighted by Crippen LogP contribution is -2.28. The third-order valence-corrected chi connectivity index (χ3v) is 2.52. The lowest BCUT2D eigenvalue weighted by molar-refractivity contribution is 0.226. The van der Waals surface area contributed by atoms with Crippen molar-refractivity contribution >= 4 is 5.82 Å². The summed E-state index contributed by atoms with van der Waals surface area (Å²) in [5.74, 6) is 0.601. The third kappa shape index (κ3) is 2.73. The molecule has 0 fully saturated rings. The van der Waals surface area contributed by atoms with Crippen LogP contribution < -0.4 is 15.6 Å². The zero-order chi connectivity index (χ0) is 12.1. The average molecular weight is 227 g/mol. The van der Waals surface area contributed by atoms with Gasteiger partial charge >= 0.3 is 0 Å². The molecule has 3 N–H and O–H groups in total. The number of nitrogens with zero attached hydrogens (tertiary/aromatic N) is 1. The van der Waals surface area contributed by atoms with Crippen LogP contribution in [-0.4, -0.2) is 34.8 Å². The van der Waals surface area contributed by atoms with Gasteiger partial charge in [-0.25, -0.2) is 4.98 Å². The molecule has 90 valence electrons. The first-order valence-electron chi connectivity index (χ1n) is 5.09. The van der Waals surface area contributed by atoms with Crippen molar-refractivity contribution in [2.45, 2.75) is 19.9 Å². The van der Waals surface area contributed by atoms with Gasteiger partial charge in [0, 0.05) is 12.6 Å². The molecule has 6 nitrogen and oxygen atoms in total. The highest BCUT2D eigenvalue weighted by molar-refractivity contribution is 5.48. The number of aliphatic hydroxyl groups is 1. The van der Waals surface area contributed by atoms with Crippen LogP contribution in [0.3, 0.4) is 0 Å². The van der Waals surface area contributed by atoms with Crippen LogP contribution in [0.5, 0.6) is 5.75 Å². The Morgan fingerprint density at radius 3 is 2.88 bits per heavy atom. The molecule has 1 rings (SSSR count). The number of ether oxygens (including phenoxy) is 1. The van der Waals surface area contributed by atoms with Gasteiger partial charge in [-0.15, -0.1) is 0 Å². The van der Waals surface area contributed by atoms with E-state index >= 15 is 0 Å². The smallest absolute Gasteiger partial charge is 0.295 e. The van der Waals surface area contributed by atoms with E-state index in [-0.39, 0.29) is 29.9 Å². The second-order valence-corrected chi connectivity index (χ2v) is 3.71. The van der Waals surface area contributed by atoms with Crippen molar-refractivity contribution in [3.05, 3.63) is 16.7 Å². The maximum Gasteiger partial charge on any atom is 0.295 e. The van der Waals surface area contributed by atoms with Crippen LogP contribution >= 0.6 is 0 Å². The number of aromatic nitrogens is 2. The lowest BCUT2D eigenvalue weighted by Gasteiger charge is -2.20. The molecule has 1 aromatic heterocycles. The Hall–Kier alpha value is -1.56. The number of rotatable bonds is 5. The highest BCUT2D eigenvalue weighted by atomic mass is 16.5. The molecule has 0 amide bonds. The van der Waals surface area contributed by atoms with Crippen molar-refractivity contribution in [1.29, 1.82) is 0 Å². The topological polar surface area (TPSA) is 87.2 Å². The summed E-state index contributed by atoms with van der Waals surface area (Å²) in [5, 5.41) is 12.0. The van der Waals surface area contributed by atoms with Gasteiger partial charge in [-0.2, -0.15) is 0 Å². The monoisotopic (exact) mass is 227 g/mol. The maximum atomic E-state index is 11.4. The van der Waals surface area contributed by atoms with Gasteiger partial charge in [0.25, 0.3) is 5.56 Å². The fourth-order valence-electron chi connectivity index (χ4n) is 1.20. The summed E-state index contributed by atoms with van der Waals surface area (Å²) in [4.78, 5) is 17.8. The molecule has 0 aliphatic rings. The van der Waals surface area contributed by atoms with Gasteiger partial charge in [0.1, 0.15) is 0 Å². The van der Waals surface area contributed by atoms with E-state index in [0.717, 1.165) is 0 Å². The van der Waals surface area contributed by atoms with Crippen molar-refractivity contribution in [3.8, 4) is 5.75 Å². The number of hydrogen-bond donors (Lipinski definition) is 3. The second kappa shape index (κ2) is 5.50. The predicted molar refractivity (Wildman–Crippen MR) is 60.7 cm³/mol. The van der Waals surface area contributed by atoms with Crippen molar-refractivity contribution in [1.82, 2.24) is 9.97 Å². The molecule has 0 spiro atoms. The molecule has 6 heteroatoms. The van der Waals surface area contributed by atoms with E-state index in [1.165, 1.54) is 13.4 Å². The molecule has 0 bridgehead atoms. The minimum absolute atomic E-state index is 0.00630. The van der Waals surface area contributed by atoms with Crippen molar-refractivity contribution in [2.75, 3.05) is 19.0 Å². The van der Waals surface area contributed by atoms with Crippen molar-refractivity contribution in [3.63, 3.8) is 0 Å². The molecule has 1 heterocycles. The lowest BCUT2D eigenvalue weighted by atomic mass is 10.1. The molecule has 0 aromatic carbocycles. The summed E-state index contributed by atoms with van der Waals surface area (Å²) in [6.07, 6.45) is 1.31. The molecule has 0 saturated heterocycles. The number of nitrogens with one attached hydrogen (secondary N) is 2. The van der Waals surface area contributed by atoms with Crippen molar-refractivity contribution in [2.24, 2.45) is 5.92 Å². The normalized spacial score (nSPS) is 14.2. The Labute approximate surface area is 93.7 Å². The molecule has 2 atom stereocenters. The Morgan fingerprint density at radius 1 is 1.62 bits per heavy atom. The molecule has 0 radical (unpaired) electrons. The molecular weight excluding hydrogens is 210 g/mol. The van der Waals surface area contributed by atoms with Gasteiger partial charge in [0.15, 0.2) is 5.82 Å². The van der Waals surface area contributed by atoms with Crippen molar-refractivity contribution < 1.29 is 9.84 Å². The summed E-state index contributed by atoms with van der Waals surface area (Å²) < 4.78 is 4.96. The number of aliphatic hydroxyl groups excluding tert-OH is 1. The molecule has 2 unspecified atom stereocenters. The Kier molecular flexibility index (Phi) is 4.30. The van der Waals surface area contributed by atoms with Gasteiger partial charge < -0.3 is 20.1 Å². The quantitative estimate of drug-likeness (QED) is 0.669. The van der Waals surface area contributed by atoms with Crippen LogP contribution in [0.15, 0.2) is 11.1 Å². The Balaban J connectivity index is 2.89. The number of H-pyrrole nitrogens is 1. The third-order valence-electron chi connectivity index (χ3n) is 2.52. The van der Waals surface area contributed by atoms with E-state index in [9.17, 15) is 4.79 Å². The fraction of sp³-hybridized carbons (Fsp3) is 0.600. The predicted octanol–water partition coefficient (Wildman–Crippen LogP) is 0.207. The van der Waals surface area contributed by atoms with E-state index in [2.05, 4.69) is 15.3 Å². The number of aromatic amines is 1. The van der Waals surface area contributed by atoms with Crippen LogP contribution in [0, 0.1) is 5.92 Å². The minimum atomic E-state index is -0.330. The van der Waals surface area contributed by atoms with E-state index in [4.69, 9.17) is 9.84 Å². The van der Waals surface area contributed by atoms with Crippen LogP contribution in [0.4, 0.5) is 5.82 Å². The molecule has 1 aromatic rings. The average Bonchev–Trinajstić information content (AvgIpc) is 2.28. The van der Waals surface area contributed by atoms with Crippen LogP contribution in [0.1, 0.15) is 13.8 Å². The standard InChI is InChI=1S/C10H17N3O3/c1-6(4-14)7(2)13-9-8(16-3)10(15)12-5-11-9/h5-7,14H,4H2,1-3H3,(H2,11,12,13,15). The summed E-state index contributed by atoms with van der Waals surface area (Å²) in [6.45, 7) is 3.88. The minimum Gasteiger partial charge on any atom is -0.489 e.